The Morgan fingerprint density at radius 2 is 1.64 bits per heavy atom. The number of rotatable bonds is 10. The molecular formula is C26H26N2O4S. The molecule has 0 atom stereocenters. The monoisotopic (exact) mass is 462 g/mol. The quantitative estimate of drug-likeness (QED) is 0.455. The summed E-state index contributed by atoms with van der Waals surface area (Å²) in [6, 6.07) is 22.3. The maximum Gasteiger partial charge on any atom is 0.335 e. The van der Waals surface area contributed by atoms with Crippen molar-refractivity contribution < 1.29 is 18.3 Å². The number of aryl methyl sites for hydroxylation is 2. The normalized spacial score (nSPS) is 11.0. The SMILES string of the molecule is CCCCN(c1ccccc1CCc1ccc(C(=O)O)cc1)S(=O)(=O)c1ccccc1C#N. The van der Waals surface area contributed by atoms with Gasteiger partial charge < -0.3 is 5.11 Å². The van der Waals surface area contributed by atoms with Crippen LogP contribution in [0.15, 0.2) is 77.7 Å². The summed E-state index contributed by atoms with van der Waals surface area (Å²) in [7, 11) is -3.94. The average molecular weight is 463 g/mol. The molecule has 6 nitrogen and oxygen atoms in total. The van der Waals surface area contributed by atoms with E-state index >= 15 is 0 Å². The van der Waals surface area contributed by atoms with Crippen molar-refractivity contribution in [2.24, 2.45) is 0 Å². The topological polar surface area (TPSA) is 98.5 Å². The highest BCUT2D eigenvalue weighted by Crippen LogP contribution is 2.30. The number of unbranched alkanes of at least 4 members (excludes halogenated alkanes) is 1. The molecule has 0 unspecified atom stereocenters. The minimum atomic E-state index is -3.94. The number of aromatic carboxylic acids is 1. The van der Waals surface area contributed by atoms with Gasteiger partial charge >= 0.3 is 5.97 Å². The number of para-hydroxylation sites is 1. The number of benzene rings is 3. The molecule has 0 saturated carbocycles. The number of sulfonamides is 1. The van der Waals surface area contributed by atoms with Crippen molar-refractivity contribution in [2.45, 2.75) is 37.5 Å². The fourth-order valence-corrected chi connectivity index (χ4v) is 5.32. The van der Waals surface area contributed by atoms with E-state index in [9.17, 15) is 18.5 Å². The molecule has 3 aromatic rings. The van der Waals surface area contributed by atoms with Crippen LogP contribution in [-0.4, -0.2) is 26.0 Å². The Morgan fingerprint density at radius 1 is 0.970 bits per heavy atom. The zero-order chi connectivity index (χ0) is 23.8. The second kappa shape index (κ2) is 10.8. The number of anilines is 1. The van der Waals surface area contributed by atoms with Gasteiger partial charge in [0.1, 0.15) is 11.0 Å². The molecule has 0 amide bonds. The van der Waals surface area contributed by atoms with Crippen LogP contribution in [0, 0.1) is 11.3 Å². The Bertz CT molecular complexity index is 1260. The summed E-state index contributed by atoms with van der Waals surface area (Å²) in [5.41, 5.74) is 2.78. The molecule has 170 valence electrons. The van der Waals surface area contributed by atoms with E-state index in [1.54, 1.807) is 42.5 Å². The van der Waals surface area contributed by atoms with E-state index in [1.807, 2.05) is 31.2 Å². The molecule has 3 aromatic carbocycles. The number of hydrogen-bond acceptors (Lipinski definition) is 4. The molecule has 0 fully saturated rings. The third-order valence-corrected chi connectivity index (χ3v) is 7.31. The third kappa shape index (κ3) is 5.60. The van der Waals surface area contributed by atoms with Gasteiger partial charge in [0.15, 0.2) is 0 Å². The lowest BCUT2D eigenvalue weighted by Gasteiger charge is -2.27. The van der Waals surface area contributed by atoms with Crippen molar-refractivity contribution in [1.29, 1.82) is 5.26 Å². The smallest absolute Gasteiger partial charge is 0.335 e. The second-order valence-corrected chi connectivity index (χ2v) is 9.50. The molecule has 3 rings (SSSR count). The lowest BCUT2D eigenvalue weighted by Crippen LogP contribution is -2.33. The van der Waals surface area contributed by atoms with Crippen molar-refractivity contribution in [2.75, 3.05) is 10.8 Å². The summed E-state index contributed by atoms with van der Waals surface area (Å²) in [5.74, 6) is -0.971. The minimum Gasteiger partial charge on any atom is -0.478 e. The van der Waals surface area contributed by atoms with Crippen LogP contribution in [0.2, 0.25) is 0 Å². The van der Waals surface area contributed by atoms with Crippen LogP contribution in [0.4, 0.5) is 5.69 Å². The first-order valence-corrected chi connectivity index (χ1v) is 12.2. The van der Waals surface area contributed by atoms with Gasteiger partial charge in [-0.05, 0) is 60.7 Å². The van der Waals surface area contributed by atoms with Crippen LogP contribution in [0.3, 0.4) is 0 Å². The molecule has 0 aromatic heterocycles. The molecular weight excluding hydrogens is 436 g/mol. The largest absolute Gasteiger partial charge is 0.478 e. The van der Waals surface area contributed by atoms with Gasteiger partial charge in [-0.15, -0.1) is 0 Å². The highest BCUT2D eigenvalue weighted by molar-refractivity contribution is 7.92. The predicted molar refractivity (Wildman–Crippen MR) is 128 cm³/mol. The molecule has 0 aliphatic rings. The Hall–Kier alpha value is -3.63. The second-order valence-electron chi connectivity index (χ2n) is 7.67. The fraction of sp³-hybridized carbons (Fsp3) is 0.231. The number of nitrogens with zero attached hydrogens (tertiary/aromatic N) is 2. The van der Waals surface area contributed by atoms with E-state index in [2.05, 4.69) is 0 Å². The first-order valence-electron chi connectivity index (χ1n) is 10.8. The van der Waals surface area contributed by atoms with Crippen molar-refractivity contribution in [3.63, 3.8) is 0 Å². The van der Waals surface area contributed by atoms with Gasteiger partial charge in [0.2, 0.25) is 0 Å². The number of nitriles is 1. The Labute approximate surface area is 194 Å². The number of carboxylic acid groups (broad SMARTS) is 1. The summed E-state index contributed by atoms with van der Waals surface area (Å²) >= 11 is 0. The van der Waals surface area contributed by atoms with Crippen LogP contribution < -0.4 is 4.31 Å². The molecule has 0 saturated heterocycles. The molecule has 0 heterocycles. The van der Waals surface area contributed by atoms with Crippen molar-refractivity contribution in [3.8, 4) is 6.07 Å². The zero-order valence-corrected chi connectivity index (χ0v) is 19.3. The molecule has 0 aliphatic heterocycles. The summed E-state index contributed by atoms with van der Waals surface area (Å²) in [4.78, 5) is 11.1. The van der Waals surface area contributed by atoms with Gasteiger partial charge in [-0.3, -0.25) is 4.31 Å². The first-order chi connectivity index (χ1) is 15.9. The van der Waals surface area contributed by atoms with Crippen LogP contribution in [0.5, 0.6) is 0 Å². The lowest BCUT2D eigenvalue weighted by molar-refractivity contribution is 0.0697. The summed E-state index contributed by atoms with van der Waals surface area (Å²) < 4.78 is 28.7. The summed E-state index contributed by atoms with van der Waals surface area (Å²) in [6.45, 7) is 2.31. The Kier molecular flexibility index (Phi) is 7.86. The number of carbonyl (C=O) groups is 1. The number of hydrogen-bond donors (Lipinski definition) is 1. The number of carboxylic acids is 1. The molecule has 0 bridgehead atoms. The minimum absolute atomic E-state index is 0.00247. The van der Waals surface area contributed by atoms with E-state index in [-0.39, 0.29) is 16.0 Å². The van der Waals surface area contributed by atoms with Gasteiger partial charge in [-0.25, -0.2) is 13.2 Å². The molecule has 0 aliphatic carbocycles. The Balaban J connectivity index is 1.96. The van der Waals surface area contributed by atoms with E-state index in [4.69, 9.17) is 5.11 Å². The molecule has 33 heavy (non-hydrogen) atoms. The first kappa shape index (κ1) is 24.0. The molecule has 0 radical (unpaired) electrons. The van der Waals surface area contributed by atoms with E-state index in [0.29, 0.717) is 31.5 Å². The van der Waals surface area contributed by atoms with E-state index in [0.717, 1.165) is 17.5 Å². The summed E-state index contributed by atoms with van der Waals surface area (Å²) in [5, 5.41) is 18.5. The van der Waals surface area contributed by atoms with Crippen LogP contribution in [0.1, 0.15) is 46.8 Å². The predicted octanol–water partition coefficient (Wildman–Crippen LogP) is 5.04. The van der Waals surface area contributed by atoms with E-state index < -0.39 is 16.0 Å². The van der Waals surface area contributed by atoms with Crippen molar-refractivity contribution >= 4 is 21.7 Å². The fourth-order valence-electron chi connectivity index (χ4n) is 3.63. The Morgan fingerprint density at radius 3 is 2.30 bits per heavy atom. The maximum atomic E-state index is 13.7. The summed E-state index contributed by atoms with van der Waals surface area (Å²) in [6.07, 6.45) is 2.72. The standard InChI is InChI=1S/C26H26N2O4S/c1-2-3-18-28(33(31,32)25-11-7-5-9-23(25)19-27)24-10-6-4-8-21(24)15-12-20-13-16-22(17-14-20)26(29)30/h4-11,13-14,16-17H,2-3,12,15,18H2,1H3,(H,29,30). The maximum absolute atomic E-state index is 13.7. The average Bonchev–Trinajstić information content (AvgIpc) is 2.83. The van der Waals surface area contributed by atoms with Gasteiger partial charge in [-0.1, -0.05) is 55.8 Å². The van der Waals surface area contributed by atoms with Crippen LogP contribution in [-0.2, 0) is 22.9 Å². The van der Waals surface area contributed by atoms with Gasteiger partial charge in [0, 0.05) is 6.54 Å². The van der Waals surface area contributed by atoms with Gasteiger partial charge in [0.25, 0.3) is 10.0 Å². The third-order valence-electron chi connectivity index (χ3n) is 5.43. The van der Waals surface area contributed by atoms with E-state index in [1.165, 1.54) is 16.4 Å². The molecule has 7 heteroatoms. The van der Waals surface area contributed by atoms with Crippen molar-refractivity contribution in [1.82, 2.24) is 0 Å². The molecule has 0 spiro atoms. The van der Waals surface area contributed by atoms with Crippen LogP contribution >= 0.6 is 0 Å². The van der Waals surface area contributed by atoms with Gasteiger partial charge in [0.05, 0.1) is 16.8 Å². The lowest BCUT2D eigenvalue weighted by atomic mass is 10.0. The van der Waals surface area contributed by atoms with Crippen LogP contribution in [0.25, 0.3) is 0 Å². The van der Waals surface area contributed by atoms with Gasteiger partial charge in [-0.2, -0.15) is 5.26 Å². The highest BCUT2D eigenvalue weighted by atomic mass is 32.2. The zero-order valence-electron chi connectivity index (χ0n) is 18.4. The highest BCUT2D eigenvalue weighted by Gasteiger charge is 2.28. The van der Waals surface area contributed by atoms with Crippen molar-refractivity contribution in [3.05, 3.63) is 95.1 Å². The molecule has 1 N–H and O–H groups in total.